The molecule has 0 aliphatic carbocycles. The highest BCUT2D eigenvalue weighted by atomic mass is 16.4. The molecule has 2 N–H and O–H groups in total. The number of carboxylic acids is 2. The molecule has 0 saturated carbocycles. The molecule has 1 aromatic carbocycles. The highest BCUT2D eigenvalue weighted by molar-refractivity contribution is 6.22. The third-order valence-electron chi connectivity index (χ3n) is 2.69. The van der Waals surface area contributed by atoms with Gasteiger partial charge in [-0.15, -0.1) is 0 Å². The highest BCUT2D eigenvalue weighted by Gasteiger charge is 2.35. The molecule has 0 atom stereocenters. The summed E-state index contributed by atoms with van der Waals surface area (Å²) in [4.78, 5) is 45.9. The number of hydrogen-bond donors (Lipinski definition) is 2. The third-order valence-corrected chi connectivity index (χ3v) is 2.69. The Balaban J connectivity index is 2.76. The Kier molecular flexibility index (Phi) is 2.39. The SMILES string of the molecule is CN1C(=O)c2cc(C(=O)O)c(C(=O)O)cc2C1=O. The molecular weight excluding hydrogens is 242 g/mol. The summed E-state index contributed by atoms with van der Waals surface area (Å²) in [5.74, 6) is -4.22. The molecule has 0 spiro atoms. The van der Waals surface area contributed by atoms with Gasteiger partial charge in [0.15, 0.2) is 0 Å². The summed E-state index contributed by atoms with van der Waals surface area (Å²) in [6.45, 7) is 0. The molecule has 0 fully saturated rings. The molecule has 18 heavy (non-hydrogen) atoms. The van der Waals surface area contributed by atoms with Crippen LogP contribution in [0.5, 0.6) is 0 Å². The maximum Gasteiger partial charge on any atom is 0.336 e. The standard InChI is InChI=1S/C11H7NO6/c1-12-8(13)4-2-6(10(15)16)7(11(17)18)3-5(4)9(12)14/h2-3H,1H3,(H,15,16)(H,17,18). The lowest BCUT2D eigenvalue weighted by Crippen LogP contribution is -2.24. The molecule has 0 unspecified atom stereocenters. The molecule has 92 valence electrons. The lowest BCUT2D eigenvalue weighted by Gasteiger charge is -2.03. The number of carbonyl (C=O) groups is 4. The molecule has 7 nitrogen and oxygen atoms in total. The summed E-state index contributed by atoms with van der Waals surface area (Å²) >= 11 is 0. The number of imide groups is 1. The van der Waals surface area contributed by atoms with E-state index in [0.717, 1.165) is 17.0 Å². The largest absolute Gasteiger partial charge is 0.478 e. The van der Waals surface area contributed by atoms with Crippen LogP contribution in [0.1, 0.15) is 41.4 Å². The number of fused-ring (bicyclic) bond motifs is 1. The first-order chi connectivity index (χ1) is 8.34. The zero-order chi connectivity index (χ0) is 13.6. The van der Waals surface area contributed by atoms with Crippen molar-refractivity contribution in [3.8, 4) is 0 Å². The Morgan fingerprint density at radius 2 is 1.28 bits per heavy atom. The average molecular weight is 249 g/mol. The van der Waals surface area contributed by atoms with Crippen LogP contribution in [0, 0.1) is 0 Å². The van der Waals surface area contributed by atoms with Gasteiger partial charge in [-0.25, -0.2) is 9.59 Å². The Hall–Kier alpha value is -2.70. The van der Waals surface area contributed by atoms with Crippen molar-refractivity contribution in [1.82, 2.24) is 4.90 Å². The number of aromatic carboxylic acids is 2. The minimum Gasteiger partial charge on any atom is -0.478 e. The Morgan fingerprint density at radius 1 is 0.944 bits per heavy atom. The van der Waals surface area contributed by atoms with E-state index in [4.69, 9.17) is 10.2 Å². The predicted molar refractivity (Wildman–Crippen MR) is 56.8 cm³/mol. The fourth-order valence-corrected chi connectivity index (χ4v) is 1.76. The van der Waals surface area contributed by atoms with Gasteiger partial charge in [-0.2, -0.15) is 0 Å². The zero-order valence-electron chi connectivity index (χ0n) is 9.13. The maximum absolute atomic E-state index is 11.6. The van der Waals surface area contributed by atoms with Gasteiger partial charge >= 0.3 is 11.9 Å². The van der Waals surface area contributed by atoms with Crippen LogP contribution >= 0.6 is 0 Å². The fraction of sp³-hybridized carbons (Fsp3) is 0.0909. The fourth-order valence-electron chi connectivity index (χ4n) is 1.76. The number of hydrogen-bond acceptors (Lipinski definition) is 4. The number of carbonyl (C=O) groups excluding carboxylic acids is 2. The molecule has 2 rings (SSSR count). The summed E-state index contributed by atoms with van der Waals surface area (Å²) in [7, 11) is 1.24. The second-order valence-electron chi connectivity index (χ2n) is 3.72. The molecular formula is C11H7NO6. The van der Waals surface area contributed by atoms with E-state index in [9.17, 15) is 19.2 Å². The summed E-state index contributed by atoms with van der Waals surface area (Å²) in [5, 5.41) is 17.8. The van der Waals surface area contributed by atoms with Crippen molar-refractivity contribution < 1.29 is 29.4 Å². The summed E-state index contributed by atoms with van der Waals surface area (Å²) in [5.41, 5.74) is -1.22. The van der Waals surface area contributed by atoms with Crippen molar-refractivity contribution >= 4 is 23.8 Å². The van der Waals surface area contributed by atoms with Crippen LogP contribution in [-0.4, -0.2) is 45.9 Å². The van der Waals surface area contributed by atoms with Crippen LogP contribution in [0.3, 0.4) is 0 Å². The number of amides is 2. The minimum absolute atomic E-state index is 0.0927. The molecule has 0 aromatic heterocycles. The summed E-state index contributed by atoms with van der Waals surface area (Å²) in [6.07, 6.45) is 0. The van der Waals surface area contributed by atoms with Crippen molar-refractivity contribution in [2.45, 2.75) is 0 Å². The van der Waals surface area contributed by atoms with E-state index in [-0.39, 0.29) is 11.1 Å². The van der Waals surface area contributed by atoms with Crippen LogP contribution in [0.25, 0.3) is 0 Å². The van der Waals surface area contributed by atoms with E-state index in [1.807, 2.05) is 0 Å². The van der Waals surface area contributed by atoms with Gasteiger partial charge in [0.1, 0.15) is 0 Å². The van der Waals surface area contributed by atoms with Crippen LogP contribution in [0.2, 0.25) is 0 Å². The van der Waals surface area contributed by atoms with E-state index in [0.29, 0.717) is 0 Å². The first-order valence-electron chi connectivity index (χ1n) is 4.81. The van der Waals surface area contributed by atoms with Gasteiger partial charge in [0.2, 0.25) is 0 Å². The average Bonchev–Trinajstić information content (AvgIpc) is 2.53. The summed E-state index contributed by atoms with van der Waals surface area (Å²) < 4.78 is 0. The van der Waals surface area contributed by atoms with E-state index >= 15 is 0 Å². The Bertz CT molecular complexity index is 565. The first kappa shape index (κ1) is 11.8. The number of nitrogens with zero attached hydrogens (tertiary/aromatic N) is 1. The molecule has 0 bridgehead atoms. The topological polar surface area (TPSA) is 112 Å². The molecule has 1 aliphatic heterocycles. The van der Waals surface area contributed by atoms with Crippen molar-refractivity contribution in [3.05, 3.63) is 34.4 Å². The van der Waals surface area contributed by atoms with E-state index in [1.54, 1.807) is 0 Å². The van der Waals surface area contributed by atoms with Gasteiger partial charge in [-0.1, -0.05) is 0 Å². The summed E-state index contributed by atoms with van der Waals surface area (Å²) in [6, 6.07) is 1.84. The first-order valence-corrected chi connectivity index (χ1v) is 4.81. The van der Waals surface area contributed by atoms with Gasteiger partial charge in [0.05, 0.1) is 22.3 Å². The van der Waals surface area contributed by atoms with Gasteiger partial charge in [-0.05, 0) is 12.1 Å². The van der Waals surface area contributed by atoms with Crippen LogP contribution in [-0.2, 0) is 0 Å². The van der Waals surface area contributed by atoms with Crippen LogP contribution in [0.15, 0.2) is 12.1 Å². The lowest BCUT2D eigenvalue weighted by atomic mass is 9.99. The van der Waals surface area contributed by atoms with E-state index < -0.39 is 34.9 Å². The van der Waals surface area contributed by atoms with Gasteiger partial charge in [0.25, 0.3) is 11.8 Å². The molecule has 1 aromatic rings. The van der Waals surface area contributed by atoms with Gasteiger partial charge in [0, 0.05) is 7.05 Å². The second-order valence-corrected chi connectivity index (χ2v) is 3.72. The second kappa shape index (κ2) is 3.66. The van der Waals surface area contributed by atoms with Crippen LogP contribution < -0.4 is 0 Å². The molecule has 1 aliphatic rings. The molecule has 7 heteroatoms. The Labute approximate surface area is 100 Å². The highest BCUT2D eigenvalue weighted by Crippen LogP contribution is 2.25. The van der Waals surface area contributed by atoms with Crippen molar-refractivity contribution in [2.75, 3.05) is 7.05 Å². The van der Waals surface area contributed by atoms with Crippen LogP contribution in [0.4, 0.5) is 0 Å². The van der Waals surface area contributed by atoms with E-state index in [1.165, 1.54) is 7.05 Å². The quantitative estimate of drug-likeness (QED) is 0.729. The van der Waals surface area contributed by atoms with Crippen molar-refractivity contribution in [3.63, 3.8) is 0 Å². The molecule has 1 heterocycles. The van der Waals surface area contributed by atoms with Crippen molar-refractivity contribution in [2.24, 2.45) is 0 Å². The molecule has 0 radical (unpaired) electrons. The van der Waals surface area contributed by atoms with Gasteiger partial charge in [-0.3, -0.25) is 14.5 Å². The maximum atomic E-state index is 11.6. The van der Waals surface area contributed by atoms with Crippen molar-refractivity contribution in [1.29, 1.82) is 0 Å². The predicted octanol–water partition coefficient (Wildman–Crippen LogP) is 0.309. The number of benzene rings is 1. The molecule has 0 saturated heterocycles. The monoisotopic (exact) mass is 249 g/mol. The Morgan fingerprint density at radius 3 is 1.56 bits per heavy atom. The lowest BCUT2D eigenvalue weighted by molar-refractivity contribution is 0.0651. The third kappa shape index (κ3) is 1.45. The number of rotatable bonds is 2. The normalized spacial score (nSPS) is 13.7. The number of carboxylic acid groups (broad SMARTS) is 2. The van der Waals surface area contributed by atoms with Gasteiger partial charge < -0.3 is 10.2 Å². The minimum atomic E-state index is -1.47. The van der Waals surface area contributed by atoms with E-state index in [2.05, 4.69) is 0 Å². The smallest absolute Gasteiger partial charge is 0.336 e. The zero-order valence-corrected chi connectivity index (χ0v) is 9.13. The molecule has 2 amide bonds.